The fourth-order valence-corrected chi connectivity index (χ4v) is 6.40. The van der Waals surface area contributed by atoms with E-state index in [4.69, 9.17) is 34.8 Å². The van der Waals surface area contributed by atoms with Crippen LogP contribution in [0.3, 0.4) is 0 Å². The van der Waals surface area contributed by atoms with E-state index in [1.165, 1.54) is 16.7 Å². The predicted octanol–water partition coefficient (Wildman–Crippen LogP) is 6.09. The Morgan fingerprint density at radius 1 is 1.20 bits per heavy atom. The fraction of sp³-hybridized carbons (Fsp3) is 0.290. The van der Waals surface area contributed by atoms with E-state index in [1.54, 1.807) is 29.0 Å². The summed E-state index contributed by atoms with van der Waals surface area (Å²) in [7, 11) is 0. The van der Waals surface area contributed by atoms with Crippen LogP contribution in [0.25, 0.3) is 28.0 Å². The quantitative estimate of drug-likeness (QED) is 0.191. The van der Waals surface area contributed by atoms with E-state index in [1.807, 2.05) is 13.8 Å². The number of nitriles is 1. The number of carbonyl (C=O) groups excluding carboxylic acids is 1. The number of aromatic hydroxyl groups is 1. The number of hydrogen-bond donors (Lipinski definition) is 2. The van der Waals surface area contributed by atoms with Gasteiger partial charge < -0.3 is 20.2 Å². The maximum absolute atomic E-state index is 15.4. The molecule has 0 aliphatic carbocycles. The van der Waals surface area contributed by atoms with Gasteiger partial charge in [-0.05, 0) is 42.8 Å². The van der Waals surface area contributed by atoms with Gasteiger partial charge in [0.1, 0.15) is 17.3 Å². The number of rotatable bonds is 5. The SMILES string of the molecule is C=CC(=O)N1CCN(c2c(C#N)c(=O)n(C3=C(C)C=CNC3C(C)C)c3nc(-c4c(F)c(O)c(F)c(Cl)c4Cl)c(Cl)cc23)CC1. The lowest BCUT2D eigenvalue weighted by Crippen LogP contribution is -2.49. The summed E-state index contributed by atoms with van der Waals surface area (Å²) in [6, 6.07) is 3.09. The number of pyridine rings is 2. The first kappa shape index (κ1) is 32.3. The van der Waals surface area contributed by atoms with Crippen LogP contribution in [-0.2, 0) is 4.79 Å². The van der Waals surface area contributed by atoms with E-state index in [2.05, 4.69) is 22.9 Å². The Balaban J connectivity index is 1.90. The van der Waals surface area contributed by atoms with Gasteiger partial charge in [-0.2, -0.15) is 5.26 Å². The van der Waals surface area contributed by atoms with Crippen molar-refractivity contribution in [1.29, 1.82) is 5.26 Å². The van der Waals surface area contributed by atoms with Crippen molar-refractivity contribution in [3.8, 4) is 23.1 Å². The highest BCUT2D eigenvalue weighted by atomic mass is 35.5. The minimum Gasteiger partial charge on any atom is -0.503 e. The highest BCUT2D eigenvalue weighted by Gasteiger charge is 2.33. The van der Waals surface area contributed by atoms with Crippen LogP contribution in [0.4, 0.5) is 14.5 Å². The molecule has 45 heavy (non-hydrogen) atoms. The number of phenols is 1. The van der Waals surface area contributed by atoms with Gasteiger partial charge >= 0.3 is 0 Å². The highest BCUT2D eigenvalue weighted by Crippen LogP contribution is 2.45. The average molecular weight is 676 g/mol. The monoisotopic (exact) mass is 674 g/mol. The molecule has 5 rings (SSSR count). The molecule has 0 saturated carbocycles. The number of phenolic OH excluding ortho intramolecular Hbond substituents is 1. The first-order valence-corrected chi connectivity index (χ1v) is 15.0. The molecule has 234 valence electrons. The summed E-state index contributed by atoms with van der Waals surface area (Å²) < 4.78 is 31.1. The van der Waals surface area contributed by atoms with Crippen LogP contribution in [0.2, 0.25) is 15.1 Å². The highest BCUT2D eigenvalue weighted by molar-refractivity contribution is 6.44. The van der Waals surface area contributed by atoms with E-state index in [-0.39, 0.29) is 57.9 Å². The molecule has 0 radical (unpaired) electrons. The zero-order chi connectivity index (χ0) is 32.9. The Bertz CT molecular complexity index is 1910. The van der Waals surface area contributed by atoms with Crippen molar-refractivity contribution < 1.29 is 18.7 Å². The van der Waals surface area contributed by atoms with Crippen molar-refractivity contribution in [2.45, 2.75) is 26.8 Å². The fourth-order valence-electron chi connectivity index (χ4n) is 5.71. The van der Waals surface area contributed by atoms with Crippen LogP contribution in [0.5, 0.6) is 5.75 Å². The first-order valence-electron chi connectivity index (χ1n) is 13.9. The van der Waals surface area contributed by atoms with E-state index in [0.717, 1.165) is 0 Å². The lowest BCUT2D eigenvalue weighted by molar-refractivity contribution is -0.126. The Morgan fingerprint density at radius 2 is 1.87 bits per heavy atom. The number of allylic oxidation sites excluding steroid dienone is 2. The third-order valence-corrected chi connectivity index (χ3v) is 9.08. The summed E-state index contributed by atoms with van der Waals surface area (Å²) in [6.45, 7) is 10.4. The Morgan fingerprint density at radius 3 is 2.47 bits per heavy atom. The number of benzene rings is 1. The second-order valence-electron chi connectivity index (χ2n) is 11.0. The van der Waals surface area contributed by atoms with Gasteiger partial charge in [-0.15, -0.1) is 0 Å². The normalized spacial score (nSPS) is 16.8. The summed E-state index contributed by atoms with van der Waals surface area (Å²) in [5, 5.41) is 22.6. The maximum Gasteiger partial charge on any atom is 0.276 e. The maximum atomic E-state index is 15.4. The van der Waals surface area contributed by atoms with Crippen molar-refractivity contribution in [2.75, 3.05) is 31.1 Å². The summed E-state index contributed by atoms with van der Waals surface area (Å²) in [5.74, 6) is -4.55. The molecule has 0 bridgehead atoms. The van der Waals surface area contributed by atoms with Crippen molar-refractivity contribution in [2.24, 2.45) is 5.92 Å². The van der Waals surface area contributed by atoms with Crippen LogP contribution >= 0.6 is 34.8 Å². The van der Waals surface area contributed by atoms with Gasteiger partial charge in [0.2, 0.25) is 5.91 Å². The molecule has 2 aliphatic rings. The van der Waals surface area contributed by atoms with Gasteiger partial charge in [0, 0.05) is 31.6 Å². The van der Waals surface area contributed by atoms with Crippen molar-refractivity contribution in [3.63, 3.8) is 0 Å². The Kier molecular flexibility index (Phi) is 8.86. The number of fused-ring (bicyclic) bond motifs is 1. The van der Waals surface area contributed by atoms with Gasteiger partial charge in [0.15, 0.2) is 17.4 Å². The largest absolute Gasteiger partial charge is 0.503 e. The van der Waals surface area contributed by atoms with Gasteiger partial charge in [0.25, 0.3) is 5.56 Å². The van der Waals surface area contributed by atoms with Gasteiger partial charge in [-0.3, -0.25) is 14.2 Å². The zero-order valence-corrected chi connectivity index (χ0v) is 26.7. The number of nitrogens with zero attached hydrogens (tertiary/aromatic N) is 5. The lowest BCUT2D eigenvalue weighted by atomic mass is 9.94. The number of dihydropyridines is 1. The molecule has 14 heteroatoms. The topological polar surface area (TPSA) is 114 Å². The number of carbonyl (C=O) groups is 1. The molecule has 1 aromatic carbocycles. The molecule has 1 amide bonds. The molecule has 3 aromatic rings. The number of piperazine rings is 1. The standard InChI is InChI=1S/C31H27Cl3F2N6O3/c1-5-19(43)40-8-10-41(11-9-40)28-16-12-18(32)26(20-21(33)22(34)24(36)29(44)23(20)35)39-30(16)42(31(45)17(28)13-37)27-15(4)6-7-38-25(27)14(2)3/h5-7,12,14,25,38,44H,1,8-11H2,2-4H3. The lowest BCUT2D eigenvalue weighted by Gasteiger charge is -2.37. The van der Waals surface area contributed by atoms with E-state index < -0.39 is 44.6 Å². The third-order valence-electron chi connectivity index (χ3n) is 7.96. The number of hydrogen-bond acceptors (Lipinski definition) is 7. The average Bonchev–Trinajstić information content (AvgIpc) is 3.02. The molecular formula is C31H27Cl3F2N6O3. The minimum atomic E-state index is -1.45. The second kappa shape index (κ2) is 12.4. The predicted molar refractivity (Wildman–Crippen MR) is 172 cm³/mol. The Labute approximate surface area is 272 Å². The van der Waals surface area contributed by atoms with Crippen LogP contribution in [0, 0.1) is 28.9 Å². The number of nitrogens with one attached hydrogen (secondary N) is 1. The minimum absolute atomic E-state index is 0.00509. The molecule has 1 saturated heterocycles. The van der Waals surface area contributed by atoms with Crippen LogP contribution < -0.4 is 15.8 Å². The number of amides is 1. The molecule has 4 heterocycles. The summed E-state index contributed by atoms with van der Waals surface area (Å²) in [6.07, 6.45) is 4.75. The zero-order valence-electron chi connectivity index (χ0n) is 24.4. The van der Waals surface area contributed by atoms with Crippen LogP contribution in [0.1, 0.15) is 26.3 Å². The van der Waals surface area contributed by atoms with Crippen molar-refractivity contribution >= 4 is 63.1 Å². The molecule has 1 fully saturated rings. The summed E-state index contributed by atoms with van der Waals surface area (Å²) in [4.78, 5) is 34.7. The van der Waals surface area contributed by atoms with Gasteiger partial charge in [-0.1, -0.05) is 55.2 Å². The van der Waals surface area contributed by atoms with Crippen LogP contribution in [-0.4, -0.2) is 57.7 Å². The molecule has 1 unspecified atom stereocenters. The molecule has 0 spiro atoms. The van der Waals surface area contributed by atoms with Gasteiger partial charge in [0.05, 0.1) is 43.8 Å². The molecule has 1 atom stereocenters. The number of anilines is 1. The van der Waals surface area contributed by atoms with Crippen molar-refractivity contribution in [3.05, 3.63) is 79.2 Å². The molecule has 2 aliphatic heterocycles. The number of halogens is 5. The third kappa shape index (κ3) is 5.31. The van der Waals surface area contributed by atoms with E-state index >= 15 is 4.39 Å². The first-order chi connectivity index (χ1) is 21.3. The van der Waals surface area contributed by atoms with E-state index in [0.29, 0.717) is 24.4 Å². The van der Waals surface area contributed by atoms with E-state index in [9.17, 15) is 24.3 Å². The Hall–Kier alpha value is -4.11. The van der Waals surface area contributed by atoms with Crippen LogP contribution in [0.15, 0.2) is 41.4 Å². The summed E-state index contributed by atoms with van der Waals surface area (Å²) >= 11 is 19.0. The molecule has 2 N–H and O–H groups in total. The molecule has 2 aromatic heterocycles. The van der Waals surface area contributed by atoms with Crippen molar-refractivity contribution in [1.82, 2.24) is 19.8 Å². The molecule has 9 nitrogen and oxygen atoms in total. The second-order valence-corrected chi connectivity index (χ2v) is 12.1. The smallest absolute Gasteiger partial charge is 0.276 e. The summed E-state index contributed by atoms with van der Waals surface area (Å²) in [5.41, 5.74) is -0.298. The number of aromatic nitrogens is 2. The van der Waals surface area contributed by atoms with Gasteiger partial charge in [-0.25, -0.2) is 13.8 Å². The molecular weight excluding hydrogens is 649 g/mol.